The van der Waals surface area contributed by atoms with E-state index >= 15 is 0 Å². The molecule has 1 aliphatic rings. The van der Waals surface area contributed by atoms with Crippen molar-refractivity contribution in [3.05, 3.63) is 46.1 Å². The van der Waals surface area contributed by atoms with E-state index in [4.69, 9.17) is 0 Å². The summed E-state index contributed by atoms with van der Waals surface area (Å²) in [6, 6.07) is 7.30. The van der Waals surface area contributed by atoms with Crippen molar-refractivity contribution in [2.75, 3.05) is 55.0 Å². The zero-order chi connectivity index (χ0) is 18.0. The highest BCUT2D eigenvalue weighted by Crippen LogP contribution is 2.30. The van der Waals surface area contributed by atoms with Crippen molar-refractivity contribution >= 4 is 23.1 Å². The summed E-state index contributed by atoms with van der Waals surface area (Å²) in [6.45, 7) is 4.81. The fraction of sp³-hybridized carbons (Fsp3) is 0.412. The first-order valence-corrected chi connectivity index (χ1v) is 8.21. The highest BCUT2D eigenvalue weighted by molar-refractivity contribution is 5.65. The molecule has 25 heavy (non-hydrogen) atoms. The first-order chi connectivity index (χ1) is 12.0. The van der Waals surface area contributed by atoms with Gasteiger partial charge in [0.15, 0.2) is 0 Å². The highest BCUT2D eigenvalue weighted by Gasteiger charge is 2.24. The maximum atomic E-state index is 11.4. The van der Waals surface area contributed by atoms with Gasteiger partial charge in [0, 0.05) is 52.5 Å². The van der Waals surface area contributed by atoms with Crippen LogP contribution in [0.1, 0.15) is 5.56 Å². The minimum Gasteiger partial charge on any atom is -0.362 e. The molecule has 2 aromatic rings. The molecule has 0 spiro atoms. The second kappa shape index (κ2) is 6.92. The normalized spacial score (nSPS) is 14.5. The zero-order valence-electron chi connectivity index (χ0n) is 14.7. The number of benzene rings is 1. The van der Waals surface area contributed by atoms with Gasteiger partial charge in [-0.15, -0.1) is 0 Å². The van der Waals surface area contributed by atoms with Gasteiger partial charge in [0.2, 0.25) is 5.95 Å². The van der Waals surface area contributed by atoms with Crippen LogP contribution in [-0.2, 0) is 0 Å². The van der Waals surface area contributed by atoms with Gasteiger partial charge in [0.05, 0.1) is 4.92 Å². The van der Waals surface area contributed by atoms with Crippen molar-refractivity contribution in [2.24, 2.45) is 0 Å². The van der Waals surface area contributed by atoms with E-state index in [2.05, 4.69) is 19.8 Å². The Bertz CT molecular complexity index is 771. The second-order valence-corrected chi connectivity index (χ2v) is 6.33. The molecule has 0 unspecified atom stereocenters. The van der Waals surface area contributed by atoms with Crippen LogP contribution in [0.4, 0.5) is 23.1 Å². The van der Waals surface area contributed by atoms with E-state index in [9.17, 15) is 10.1 Å². The van der Waals surface area contributed by atoms with Crippen molar-refractivity contribution in [1.29, 1.82) is 0 Å². The molecule has 0 radical (unpaired) electrons. The van der Waals surface area contributed by atoms with Gasteiger partial charge in [-0.3, -0.25) is 10.1 Å². The smallest absolute Gasteiger partial charge is 0.292 e. The summed E-state index contributed by atoms with van der Waals surface area (Å²) in [5.41, 5.74) is 1.75. The molecule has 132 valence electrons. The van der Waals surface area contributed by atoms with Gasteiger partial charge in [-0.05, 0) is 24.6 Å². The number of hydrogen-bond donors (Lipinski definition) is 0. The number of nitro benzene ring substituents is 1. The van der Waals surface area contributed by atoms with E-state index in [1.54, 1.807) is 12.3 Å². The standard InChI is InChI=1S/C17H22N6O2/c1-13-4-5-14(15(12-13)23(24)25)21-8-10-22(11-9-21)16-6-7-18-17(19-16)20(2)3/h4-7,12H,8-11H2,1-3H3. The summed E-state index contributed by atoms with van der Waals surface area (Å²) in [5.74, 6) is 1.56. The number of rotatable bonds is 4. The number of nitrogens with zero attached hydrogens (tertiary/aromatic N) is 6. The lowest BCUT2D eigenvalue weighted by molar-refractivity contribution is -0.384. The van der Waals surface area contributed by atoms with E-state index in [0.29, 0.717) is 24.7 Å². The molecule has 0 N–H and O–H groups in total. The van der Waals surface area contributed by atoms with Crippen LogP contribution in [0.5, 0.6) is 0 Å². The molecule has 2 heterocycles. The average Bonchev–Trinajstić information content (AvgIpc) is 2.62. The van der Waals surface area contributed by atoms with Crippen LogP contribution in [0, 0.1) is 17.0 Å². The van der Waals surface area contributed by atoms with Gasteiger partial charge in [-0.25, -0.2) is 4.98 Å². The summed E-state index contributed by atoms with van der Waals surface area (Å²) in [6.07, 6.45) is 1.76. The molecule has 0 atom stereocenters. The Morgan fingerprint density at radius 3 is 2.44 bits per heavy atom. The van der Waals surface area contributed by atoms with E-state index < -0.39 is 0 Å². The minimum absolute atomic E-state index is 0.172. The number of piperazine rings is 1. The van der Waals surface area contributed by atoms with Crippen LogP contribution in [0.25, 0.3) is 0 Å². The quantitative estimate of drug-likeness (QED) is 0.622. The van der Waals surface area contributed by atoms with Gasteiger partial charge < -0.3 is 14.7 Å². The Morgan fingerprint density at radius 2 is 1.80 bits per heavy atom. The van der Waals surface area contributed by atoms with Crippen LogP contribution in [0.15, 0.2) is 30.5 Å². The van der Waals surface area contributed by atoms with Gasteiger partial charge in [-0.2, -0.15) is 4.98 Å². The van der Waals surface area contributed by atoms with Gasteiger partial charge in [0.1, 0.15) is 11.5 Å². The molecule has 1 aromatic carbocycles. The topological polar surface area (TPSA) is 78.6 Å². The summed E-state index contributed by atoms with van der Waals surface area (Å²) in [7, 11) is 3.82. The number of nitro groups is 1. The van der Waals surface area contributed by atoms with E-state index in [1.165, 1.54) is 0 Å². The van der Waals surface area contributed by atoms with Crippen molar-refractivity contribution in [3.8, 4) is 0 Å². The first kappa shape index (κ1) is 16.9. The molecule has 8 nitrogen and oxygen atoms in total. The lowest BCUT2D eigenvalue weighted by Crippen LogP contribution is -2.47. The van der Waals surface area contributed by atoms with Crippen LogP contribution in [-0.4, -0.2) is 55.2 Å². The monoisotopic (exact) mass is 342 g/mol. The number of aryl methyl sites for hydroxylation is 1. The molecule has 0 bridgehead atoms. The van der Waals surface area contributed by atoms with Gasteiger partial charge in [0.25, 0.3) is 5.69 Å². The third-order valence-electron chi connectivity index (χ3n) is 4.30. The summed E-state index contributed by atoms with van der Waals surface area (Å²) in [4.78, 5) is 26.0. The molecule has 1 saturated heterocycles. The maximum absolute atomic E-state index is 11.4. The maximum Gasteiger partial charge on any atom is 0.292 e. The number of aromatic nitrogens is 2. The van der Waals surface area contributed by atoms with Crippen molar-refractivity contribution < 1.29 is 4.92 Å². The van der Waals surface area contributed by atoms with Crippen molar-refractivity contribution in [1.82, 2.24) is 9.97 Å². The predicted octanol–water partition coefficient (Wildman–Crippen LogP) is 2.09. The van der Waals surface area contributed by atoms with Gasteiger partial charge >= 0.3 is 0 Å². The SMILES string of the molecule is Cc1ccc(N2CCN(c3ccnc(N(C)C)n3)CC2)c([N+](=O)[O-])c1. The molecular formula is C17H22N6O2. The van der Waals surface area contributed by atoms with E-state index in [-0.39, 0.29) is 10.6 Å². The van der Waals surface area contributed by atoms with Crippen molar-refractivity contribution in [2.45, 2.75) is 6.92 Å². The Balaban J connectivity index is 1.74. The van der Waals surface area contributed by atoms with E-state index in [1.807, 2.05) is 44.1 Å². The Kier molecular flexibility index (Phi) is 4.69. The summed E-state index contributed by atoms with van der Waals surface area (Å²) in [5, 5.41) is 11.4. The van der Waals surface area contributed by atoms with Crippen LogP contribution in [0.2, 0.25) is 0 Å². The molecule has 1 aromatic heterocycles. The average molecular weight is 342 g/mol. The Labute approximate surface area is 146 Å². The van der Waals surface area contributed by atoms with Gasteiger partial charge in [-0.1, -0.05) is 6.07 Å². The van der Waals surface area contributed by atoms with Crippen LogP contribution < -0.4 is 14.7 Å². The number of hydrogen-bond acceptors (Lipinski definition) is 7. The lowest BCUT2D eigenvalue weighted by Gasteiger charge is -2.36. The molecule has 8 heteroatoms. The Morgan fingerprint density at radius 1 is 1.12 bits per heavy atom. The van der Waals surface area contributed by atoms with E-state index in [0.717, 1.165) is 24.5 Å². The molecular weight excluding hydrogens is 320 g/mol. The second-order valence-electron chi connectivity index (χ2n) is 6.33. The molecule has 3 rings (SSSR count). The van der Waals surface area contributed by atoms with Crippen molar-refractivity contribution in [3.63, 3.8) is 0 Å². The largest absolute Gasteiger partial charge is 0.362 e. The van der Waals surface area contributed by atoms with Crippen LogP contribution >= 0.6 is 0 Å². The fourth-order valence-corrected chi connectivity index (χ4v) is 2.95. The lowest BCUT2D eigenvalue weighted by atomic mass is 10.1. The third kappa shape index (κ3) is 3.62. The Hall–Kier alpha value is -2.90. The zero-order valence-corrected chi connectivity index (χ0v) is 14.7. The molecule has 0 saturated carbocycles. The predicted molar refractivity (Wildman–Crippen MR) is 98.6 cm³/mol. The fourth-order valence-electron chi connectivity index (χ4n) is 2.95. The molecule has 1 fully saturated rings. The minimum atomic E-state index is -0.303. The molecule has 1 aliphatic heterocycles. The van der Waals surface area contributed by atoms with Crippen LogP contribution in [0.3, 0.4) is 0 Å². The highest BCUT2D eigenvalue weighted by atomic mass is 16.6. The molecule has 0 aliphatic carbocycles. The summed E-state index contributed by atoms with van der Waals surface area (Å²) < 4.78 is 0. The summed E-state index contributed by atoms with van der Waals surface area (Å²) >= 11 is 0. The first-order valence-electron chi connectivity index (χ1n) is 8.21. The number of anilines is 3. The molecule has 0 amide bonds. The third-order valence-corrected chi connectivity index (χ3v) is 4.30.